The lowest BCUT2D eigenvalue weighted by molar-refractivity contribution is -0.181. The second kappa shape index (κ2) is 13.4. The summed E-state index contributed by atoms with van der Waals surface area (Å²) in [6, 6.07) is 26.3. The molecule has 8 heteroatoms. The molecule has 1 amide bonds. The van der Waals surface area contributed by atoms with E-state index < -0.39 is 29.8 Å². The lowest BCUT2D eigenvalue weighted by atomic mass is 9.87. The van der Waals surface area contributed by atoms with Gasteiger partial charge in [-0.1, -0.05) is 72.8 Å². The van der Waals surface area contributed by atoms with Crippen LogP contribution in [0.2, 0.25) is 0 Å². The van der Waals surface area contributed by atoms with Crippen LogP contribution in [0.5, 0.6) is 0 Å². The zero-order valence-electron chi connectivity index (χ0n) is 23.5. The molecule has 3 aromatic carbocycles. The molecule has 0 aromatic heterocycles. The molecule has 0 spiro atoms. The number of anilines is 1. The van der Waals surface area contributed by atoms with E-state index in [9.17, 15) is 20.1 Å². The standard InChI is InChI=1S/C32H41N3O5/c1-23(37)29-28(22-36)40-35(30(29)31(38)33-18-11-19-34(3)27-16-8-5-9-17-27)21-24-12-10-15-26(20-24)32(2,39)25-13-6-4-7-14-25/h4-10,12-17,20,23,28-30,36-37,39H,11,18-19,21-22H2,1-3H3,(H,33,38)/t23-,28-,29+,30-,32?/m1/s1. The van der Waals surface area contributed by atoms with Gasteiger partial charge in [0.2, 0.25) is 5.91 Å². The van der Waals surface area contributed by atoms with E-state index in [0.717, 1.165) is 29.8 Å². The third kappa shape index (κ3) is 6.89. The number of amides is 1. The predicted molar refractivity (Wildman–Crippen MR) is 155 cm³/mol. The molecular weight excluding hydrogens is 506 g/mol. The Morgan fingerprint density at radius 1 is 1.05 bits per heavy atom. The third-order valence-electron chi connectivity index (χ3n) is 7.71. The molecule has 1 aliphatic rings. The summed E-state index contributed by atoms with van der Waals surface area (Å²) in [4.78, 5) is 21.6. The number of carbonyl (C=O) groups is 1. The highest BCUT2D eigenvalue weighted by molar-refractivity contribution is 5.82. The molecule has 4 rings (SSSR count). The molecule has 8 nitrogen and oxygen atoms in total. The fourth-order valence-electron chi connectivity index (χ4n) is 5.40. The molecule has 40 heavy (non-hydrogen) atoms. The lowest BCUT2D eigenvalue weighted by Gasteiger charge is -2.28. The van der Waals surface area contributed by atoms with Gasteiger partial charge in [-0.2, -0.15) is 5.06 Å². The lowest BCUT2D eigenvalue weighted by Crippen LogP contribution is -2.49. The largest absolute Gasteiger partial charge is 0.394 e. The third-order valence-corrected chi connectivity index (χ3v) is 7.71. The highest BCUT2D eigenvalue weighted by Crippen LogP contribution is 2.34. The van der Waals surface area contributed by atoms with Crippen LogP contribution in [-0.4, -0.2) is 71.3 Å². The fraction of sp³-hybridized carbons (Fsp3) is 0.406. The maximum absolute atomic E-state index is 13.5. The Morgan fingerprint density at radius 2 is 1.70 bits per heavy atom. The van der Waals surface area contributed by atoms with Crippen LogP contribution in [0.15, 0.2) is 84.9 Å². The molecule has 0 bridgehead atoms. The number of nitrogens with one attached hydrogen (secondary N) is 1. The molecule has 3 aromatic rings. The Morgan fingerprint density at radius 3 is 2.35 bits per heavy atom. The van der Waals surface area contributed by atoms with E-state index >= 15 is 0 Å². The number of aliphatic hydroxyl groups is 3. The SMILES string of the molecule is C[C@@H](O)[C@H]1[C@@H](CO)ON(Cc2cccc(C(C)(O)c3ccccc3)c2)[C@H]1C(=O)NCCCN(C)c1ccccc1. The van der Waals surface area contributed by atoms with E-state index in [1.54, 1.807) is 18.9 Å². The smallest absolute Gasteiger partial charge is 0.240 e. The molecule has 1 saturated heterocycles. The number of carbonyl (C=O) groups excluding carboxylic acids is 1. The van der Waals surface area contributed by atoms with Crippen LogP contribution in [0, 0.1) is 5.92 Å². The first-order valence-corrected chi connectivity index (χ1v) is 13.9. The first-order chi connectivity index (χ1) is 19.2. The first-order valence-electron chi connectivity index (χ1n) is 13.9. The van der Waals surface area contributed by atoms with Crippen molar-refractivity contribution in [2.24, 2.45) is 5.92 Å². The van der Waals surface area contributed by atoms with Crippen LogP contribution in [0.4, 0.5) is 5.69 Å². The maximum atomic E-state index is 13.5. The summed E-state index contributed by atoms with van der Waals surface area (Å²) < 4.78 is 0. The van der Waals surface area contributed by atoms with Gasteiger partial charge in [0.15, 0.2) is 0 Å². The molecule has 0 saturated carbocycles. The molecule has 1 unspecified atom stereocenters. The van der Waals surface area contributed by atoms with E-state index in [2.05, 4.69) is 10.2 Å². The number of hydrogen-bond donors (Lipinski definition) is 4. The molecule has 0 aliphatic carbocycles. The average Bonchev–Trinajstić information content (AvgIpc) is 3.34. The van der Waals surface area contributed by atoms with Gasteiger partial charge in [-0.3, -0.25) is 9.63 Å². The van der Waals surface area contributed by atoms with Crippen molar-refractivity contribution in [2.75, 3.05) is 31.6 Å². The van der Waals surface area contributed by atoms with E-state index in [-0.39, 0.29) is 19.1 Å². The van der Waals surface area contributed by atoms with Gasteiger partial charge in [0.25, 0.3) is 0 Å². The van der Waals surface area contributed by atoms with E-state index in [0.29, 0.717) is 12.1 Å². The van der Waals surface area contributed by atoms with Crippen LogP contribution >= 0.6 is 0 Å². The predicted octanol–water partition coefficient (Wildman–Crippen LogP) is 3.06. The monoisotopic (exact) mass is 547 g/mol. The van der Waals surface area contributed by atoms with E-state index in [1.807, 2.05) is 92.0 Å². The highest BCUT2D eigenvalue weighted by Gasteiger charge is 2.49. The van der Waals surface area contributed by atoms with Crippen molar-refractivity contribution in [3.8, 4) is 0 Å². The van der Waals surface area contributed by atoms with Gasteiger partial charge in [-0.25, -0.2) is 0 Å². The molecule has 1 fully saturated rings. The number of hydroxylamine groups is 2. The number of para-hydroxylation sites is 1. The quantitative estimate of drug-likeness (QED) is 0.258. The van der Waals surface area contributed by atoms with Crippen molar-refractivity contribution in [1.82, 2.24) is 10.4 Å². The second-order valence-corrected chi connectivity index (χ2v) is 10.7. The number of hydrogen-bond acceptors (Lipinski definition) is 7. The second-order valence-electron chi connectivity index (χ2n) is 10.7. The molecule has 5 atom stereocenters. The van der Waals surface area contributed by atoms with Crippen molar-refractivity contribution in [3.05, 3.63) is 102 Å². The minimum absolute atomic E-state index is 0.243. The van der Waals surface area contributed by atoms with Gasteiger partial charge in [0.05, 0.1) is 19.3 Å². The summed E-state index contributed by atoms with van der Waals surface area (Å²) in [5.74, 6) is -0.857. The molecule has 4 N–H and O–H groups in total. The summed E-state index contributed by atoms with van der Waals surface area (Å²) in [6.07, 6.45) is -0.841. The van der Waals surface area contributed by atoms with Gasteiger partial charge in [-0.05, 0) is 49.1 Å². The first kappa shape index (κ1) is 29.7. The summed E-state index contributed by atoms with van der Waals surface area (Å²) in [6.45, 7) is 4.53. The molecule has 1 heterocycles. The van der Waals surface area contributed by atoms with Gasteiger partial charge >= 0.3 is 0 Å². The summed E-state index contributed by atoms with van der Waals surface area (Å²) in [7, 11) is 2.02. The van der Waals surface area contributed by atoms with Crippen LogP contribution in [0.3, 0.4) is 0 Å². The molecule has 214 valence electrons. The van der Waals surface area contributed by atoms with Gasteiger partial charge in [0, 0.05) is 31.7 Å². The number of aliphatic hydroxyl groups excluding tert-OH is 2. The zero-order valence-corrected chi connectivity index (χ0v) is 23.5. The van der Waals surface area contributed by atoms with Crippen molar-refractivity contribution in [1.29, 1.82) is 0 Å². The van der Waals surface area contributed by atoms with Gasteiger partial charge < -0.3 is 25.5 Å². The Bertz CT molecular complexity index is 1220. The Kier molecular flexibility index (Phi) is 9.95. The minimum atomic E-state index is -1.21. The topological polar surface area (TPSA) is 105 Å². The highest BCUT2D eigenvalue weighted by atomic mass is 16.7. The number of rotatable bonds is 12. The summed E-state index contributed by atoms with van der Waals surface area (Å²) in [5, 5.41) is 36.5. The van der Waals surface area contributed by atoms with E-state index in [1.165, 1.54) is 0 Å². The summed E-state index contributed by atoms with van der Waals surface area (Å²) >= 11 is 0. The zero-order chi connectivity index (χ0) is 28.7. The van der Waals surface area contributed by atoms with Crippen LogP contribution < -0.4 is 10.2 Å². The normalized spacial score (nSPS) is 21.5. The van der Waals surface area contributed by atoms with Crippen molar-refractivity contribution in [2.45, 2.75) is 50.7 Å². The van der Waals surface area contributed by atoms with Crippen molar-refractivity contribution < 1.29 is 25.0 Å². The van der Waals surface area contributed by atoms with Crippen LogP contribution in [0.1, 0.15) is 37.0 Å². The number of benzene rings is 3. The van der Waals surface area contributed by atoms with Gasteiger partial charge in [-0.15, -0.1) is 0 Å². The van der Waals surface area contributed by atoms with E-state index in [4.69, 9.17) is 4.84 Å². The van der Waals surface area contributed by atoms with Crippen LogP contribution in [-0.2, 0) is 21.8 Å². The summed E-state index contributed by atoms with van der Waals surface area (Å²) in [5.41, 5.74) is 2.22. The maximum Gasteiger partial charge on any atom is 0.240 e. The van der Waals surface area contributed by atoms with Crippen molar-refractivity contribution >= 4 is 11.6 Å². The molecule has 0 radical (unpaired) electrons. The Balaban J connectivity index is 1.46. The molecule has 1 aliphatic heterocycles. The average molecular weight is 548 g/mol. The Labute approximate surface area is 236 Å². The molecular formula is C32H41N3O5. The number of nitrogens with zero attached hydrogens (tertiary/aromatic N) is 2. The Hall–Kier alpha value is -3.27. The minimum Gasteiger partial charge on any atom is -0.394 e. The van der Waals surface area contributed by atoms with Crippen LogP contribution in [0.25, 0.3) is 0 Å². The van der Waals surface area contributed by atoms with Crippen molar-refractivity contribution in [3.63, 3.8) is 0 Å². The fourth-order valence-corrected chi connectivity index (χ4v) is 5.40. The van der Waals surface area contributed by atoms with Gasteiger partial charge in [0.1, 0.15) is 17.7 Å².